The summed E-state index contributed by atoms with van der Waals surface area (Å²) in [5.41, 5.74) is 0.409. The van der Waals surface area contributed by atoms with Crippen LogP contribution in [0.4, 0.5) is 5.69 Å². The summed E-state index contributed by atoms with van der Waals surface area (Å²) < 4.78 is 5.38. The average Bonchev–Trinajstić information content (AvgIpc) is 3.10. The standard InChI is InChI=1S/C16H16N6O4.ClH/c1-21-5-4-17-8-13(21)15-19-16(26-20-15)11-7-14(23)18-12-3-2-9(22(24)25)6-10(11)12;/h2-3,6-7,13,17H,4-5,8H2,1H3,(H,18,23);1H. The first-order chi connectivity index (χ1) is 12.5. The van der Waals surface area contributed by atoms with Gasteiger partial charge in [0.05, 0.1) is 16.5 Å². The van der Waals surface area contributed by atoms with Crippen LogP contribution in [0.1, 0.15) is 11.9 Å². The van der Waals surface area contributed by atoms with Crippen LogP contribution in [0.15, 0.2) is 33.6 Å². The quantitative estimate of drug-likeness (QED) is 0.506. The minimum atomic E-state index is -0.490. The van der Waals surface area contributed by atoms with Gasteiger partial charge in [0.2, 0.25) is 5.56 Å². The molecule has 11 heteroatoms. The molecule has 0 radical (unpaired) electrons. The topological polar surface area (TPSA) is 130 Å². The lowest BCUT2D eigenvalue weighted by molar-refractivity contribution is -0.384. The molecule has 0 spiro atoms. The Morgan fingerprint density at radius 2 is 2.19 bits per heavy atom. The molecular formula is C16H17ClN6O4. The van der Waals surface area contributed by atoms with E-state index in [0.29, 0.717) is 28.8 Å². The number of benzene rings is 1. The average molecular weight is 393 g/mol. The van der Waals surface area contributed by atoms with Gasteiger partial charge in [-0.1, -0.05) is 5.16 Å². The van der Waals surface area contributed by atoms with Crippen LogP contribution in [-0.4, -0.2) is 51.6 Å². The molecule has 1 saturated heterocycles. The zero-order chi connectivity index (χ0) is 18.3. The van der Waals surface area contributed by atoms with Gasteiger partial charge in [-0.2, -0.15) is 4.98 Å². The summed E-state index contributed by atoms with van der Waals surface area (Å²) in [5.74, 6) is 0.670. The van der Waals surface area contributed by atoms with Gasteiger partial charge in [0.1, 0.15) is 0 Å². The van der Waals surface area contributed by atoms with E-state index in [9.17, 15) is 14.9 Å². The molecule has 1 fully saturated rings. The normalized spacial score (nSPS) is 17.6. The van der Waals surface area contributed by atoms with Gasteiger partial charge in [-0.25, -0.2) is 0 Å². The number of aromatic amines is 1. The van der Waals surface area contributed by atoms with Crippen molar-refractivity contribution in [2.75, 3.05) is 26.7 Å². The van der Waals surface area contributed by atoms with E-state index in [4.69, 9.17) is 4.52 Å². The number of hydrogen-bond donors (Lipinski definition) is 2. The highest BCUT2D eigenvalue weighted by atomic mass is 35.5. The SMILES string of the molecule is CN1CCNCC1c1noc(-c2cc(=O)[nH]c3ccc([N+](=O)[O-])cc23)n1.Cl. The second-order valence-corrected chi connectivity index (χ2v) is 6.19. The summed E-state index contributed by atoms with van der Waals surface area (Å²) in [4.78, 5) is 31.8. The van der Waals surface area contributed by atoms with E-state index >= 15 is 0 Å². The van der Waals surface area contributed by atoms with Crippen LogP contribution >= 0.6 is 12.4 Å². The van der Waals surface area contributed by atoms with Gasteiger partial charge in [-0.15, -0.1) is 12.4 Å². The van der Waals surface area contributed by atoms with Crippen LogP contribution in [0.2, 0.25) is 0 Å². The van der Waals surface area contributed by atoms with E-state index in [2.05, 4.69) is 25.3 Å². The largest absolute Gasteiger partial charge is 0.334 e. The molecule has 3 heterocycles. The van der Waals surface area contributed by atoms with E-state index < -0.39 is 4.92 Å². The van der Waals surface area contributed by atoms with Gasteiger partial charge >= 0.3 is 0 Å². The van der Waals surface area contributed by atoms with Gasteiger partial charge in [-0.3, -0.25) is 19.8 Å². The number of nitrogens with one attached hydrogen (secondary N) is 2. The molecule has 1 aliphatic heterocycles. The minimum Gasteiger partial charge on any atom is -0.334 e. The molecule has 2 aromatic heterocycles. The Kier molecular flexibility index (Phi) is 5.22. The number of H-pyrrole nitrogens is 1. The number of nitro benzene ring substituents is 1. The maximum atomic E-state index is 12.0. The van der Waals surface area contributed by atoms with Crippen molar-refractivity contribution >= 4 is 29.0 Å². The molecule has 0 aliphatic carbocycles. The predicted molar refractivity (Wildman–Crippen MR) is 100 cm³/mol. The Balaban J connectivity index is 0.00000210. The molecule has 1 aromatic carbocycles. The first-order valence-electron chi connectivity index (χ1n) is 8.09. The molecule has 10 nitrogen and oxygen atoms in total. The molecule has 2 N–H and O–H groups in total. The van der Waals surface area contributed by atoms with Crippen LogP contribution in [0.3, 0.4) is 0 Å². The number of rotatable bonds is 3. The molecule has 1 aliphatic rings. The molecule has 0 bridgehead atoms. The first kappa shape index (κ1) is 19.0. The third-order valence-electron chi connectivity index (χ3n) is 4.52. The lowest BCUT2D eigenvalue weighted by Gasteiger charge is -2.30. The van der Waals surface area contributed by atoms with Crippen molar-refractivity contribution in [1.82, 2.24) is 25.3 Å². The van der Waals surface area contributed by atoms with Gasteiger partial charge < -0.3 is 14.8 Å². The highest BCUT2D eigenvalue weighted by molar-refractivity contribution is 5.93. The monoisotopic (exact) mass is 392 g/mol. The molecule has 1 atom stereocenters. The third kappa shape index (κ3) is 3.54. The van der Waals surface area contributed by atoms with Crippen molar-refractivity contribution in [3.63, 3.8) is 0 Å². The second kappa shape index (κ2) is 7.43. The molecule has 0 amide bonds. The summed E-state index contributed by atoms with van der Waals surface area (Å²) in [7, 11) is 1.98. The smallest absolute Gasteiger partial charge is 0.270 e. The molecule has 27 heavy (non-hydrogen) atoms. The first-order valence-corrected chi connectivity index (χ1v) is 8.09. The number of aromatic nitrogens is 3. The highest BCUT2D eigenvalue weighted by Crippen LogP contribution is 2.29. The van der Waals surface area contributed by atoms with Crippen LogP contribution < -0.4 is 10.9 Å². The van der Waals surface area contributed by atoms with Crippen LogP contribution in [-0.2, 0) is 0 Å². The van der Waals surface area contributed by atoms with Crippen molar-refractivity contribution < 1.29 is 9.45 Å². The van der Waals surface area contributed by atoms with Crippen molar-refractivity contribution in [3.05, 3.63) is 50.6 Å². The molecule has 0 saturated carbocycles. The third-order valence-corrected chi connectivity index (χ3v) is 4.52. The number of non-ortho nitro benzene ring substituents is 1. The lowest BCUT2D eigenvalue weighted by atomic mass is 10.1. The predicted octanol–water partition coefficient (Wildman–Crippen LogP) is 1.48. The zero-order valence-electron chi connectivity index (χ0n) is 14.3. The fourth-order valence-corrected chi connectivity index (χ4v) is 3.11. The van der Waals surface area contributed by atoms with Crippen LogP contribution in [0.5, 0.6) is 0 Å². The Labute approximate surface area is 159 Å². The molecule has 142 valence electrons. The number of hydrogen-bond acceptors (Lipinski definition) is 8. The van der Waals surface area contributed by atoms with Crippen molar-refractivity contribution in [2.24, 2.45) is 0 Å². The summed E-state index contributed by atoms with van der Waals surface area (Å²) >= 11 is 0. The van der Waals surface area contributed by atoms with Crippen LogP contribution in [0.25, 0.3) is 22.4 Å². The summed E-state index contributed by atoms with van der Waals surface area (Å²) in [6.07, 6.45) is 0. The van der Waals surface area contributed by atoms with E-state index in [1.54, 1.807) is 0 Å². The number of nitrogens with zero attached hydrogens (tertiary/aromatic N) is 4. The molecule has 1 unspecified atom stereocenters. The Hall–Kier alpha value is -2.82. The maximum Gasteiger partial charge on any atom is 0.270 e. The van der Waals surface area contributed by atoms with Crippen molar-refractivity contribution in [2.45, 2.75) is 6.04 Å². The number of piperazine rings is 1. The van der Waals surface area contributed by atoms with Crippen molar-refractivity contribution in [1.29, 1.82) is 0 Å². The fraction of sp³-hybridized carbons (Fsp3) is 0.312. The summed E-state index contributed by atoms with van der Waals surface area (Å²) in [6, 6.07) is 5.49. The Morgan fingerprint density at radius 3 is 2.93 bits per heavy atom. The highest BCUT2D eigenvalue weighted by Gasteiger charge is 2.26. The van der Waals surface area contributed by atoms with E-state index in [0.717, 1.165) is 13.1 Å². The van der Waals surface area contributed by atoms with Crippen molar-refractivity contribution in [3.8, 4) is 11.5 Å². The lowest BCUT2D eigenvalue weighted by Crippen LogP contribution is -2.44. The summed E-state index contributed by atoms with van der Waals surface area (Å²) in [5, 5.41) is 18.9. The van der Waals surface area contributed by atoms with E-state index in [1.165, 1.54) is 24.3 Å². The Morgan fingerprint density at radius 1 is 1.37 bits per heavy atom. The van der Waals surface area contributed by atoms with Gasteiger partial charge in [-0.05, 0) is 13.1 Å². The fourth-order valence-electron chi connectivity index (χ4n) is 3.11. The number of pyridine rings is 1. The van der Waals surface area contributed by atoms with Gasteiger partial charge in [0.25, 0.3) is 11.6 Å². The number of nitro groups is 1. The second-order valence-electron chi connectivity index (χ2n) is 6.19. The maximum absolute atomic E-state index is 12.0. The van der Waals surface area contributed by atoms with Gasteiger partial charge in [0.15, 0.2) is 5.82 Å². The molecule has 4 rings (SSSR count). The number of fused-ring (bicyclic) bond motifs is 1. The number of halogens is 1. The molecular weight excluding hydrogens is 376 g/mol. The number of likely N-dealkylation sites (N-methyl/N-ethyl adjacent to an activating group) is 1. The summed E-state index contributed by atoms with van der Waals surface area (Å²) in [6.45, 7) is 2.44. The Bertz CT molecular complexity index is 1050. The van der Waals surface area contributed by atoms with E-state index in [1.807, 2.05) is 7.05 Å². The van der Waals surface area contributed by atoms with E-state index in [-0.39, 0.29) is 35.6 Å². The zero-order valence-corrected chi connectivity index (χ0v) is 15.2. The minimum absolute atomic E-state index is 0. The van der Waals surface area contributed by atoms with Crippen LogP contribution in [0, 0.1) is 10.1 Å². The molecule has 3 aromatic rings. The van der Waals surface area contributed by atoms with Gasteiger partial charge in [0, 0.05) is 48.7 Å².